The van der Waals surface area contributed by atoms with Crippen molar-refractivity contribution in [3.63, 3.8) is 0 Å². The van der Waals surface area contributed by atoms with E-state index in [4.69, 9.17) is 0 Å². The quantitative estimate of drug-likeness (QED) is 0.712. The highest BCUT2D eigenvalue weighted by Crippen LogP contribution is 2.19. The lowest BCUT2D eigenvalue weighted by Gasteiger charge is -2.11. The van der Waals surface area contributed by atoms with Gasteiger partial charge in [-0.15, -0.1) is 0 Å². The van der Waals surface area contributed by atoms with Gasteiger partial charge in [-0.2, -0.15) is 0 Å². The van der Waals surface area contributed by atoms with Crippen LogP contribution in [0.2, 0.25) is 0 Å². The van der Waals surface area contributed by atoms with Gasteiger partial charge in [0.1, 0.15) is 23.2 Å². The molecule has 0 radical (unpaired) electrons. The average molecular weight is 350 g/mol. The average Bonchev–Trinajstić information content (AvgIpc) is 2.61. The summed E-state index contributed by atoms with van der Waals surface area (Å²) >= 11 is 0. The molecule has 0 unspecified atom stereocenters. The fourth-order valence-corrected chi connectivity index (χ4v) is 2.60. The van der Waals surface area contributed by atoms with E-state index in [0.717, 1.165) is 17.7 Å². The molecule has 6 heteroatoms. The van der Waals surface area contributed by atoms with E-state index >= 15 is 0 Å². The number of nitrogens with one attached hydrogen (secondary N) is 2. The van der Waals surface area contributed by atoms with Crippen molar-refractivity contribution in [1.29, 1.82) is 0 Å². The molecule has 0 aliphatic carbocycles. The van der Waals surface area contributed by atoms with Crippen molar-refractivity contribution in [3.8, 4) is 0 Å². The number of aryl methyl sites for hydroxylation is 2. The Kier molecular flexibility index (Phi) is 5.22. The molecule has 1 aromatic heterocycles. The zero-order chi connectivity index (χ0) is 18.5. The van der Waals surface area contributed by atoms with Crippen molar-refractivity contribution in [1.82, 2.24) is 9.97 Å². The second-order valence-electron chi connectivity index (χ2n) is 5.79. The predicted molar refractivity (Wildman–Crippen MR) is 100 cm³/mol. The van der Waals surface area contributed by atoms with Gasteiger partial charge in [0.2, 0.25) is 0 Å². The molecule has 3 rings (SSSR count). The Morgan fingerprint density at radius 3 is 2.65 bits per heavy atom. The molecule has 132 valence electrons. The van der Waals surface area contributed by atoms with Crippen molar-refractivity contribution < 1.29 is 9.18 Å². The van der Waals surface area contributed by atoms with Gasteiger partial charge in [-0.05, 0) is 43.2 Å². The number of rotatable bonds is 5. The highest BCUT2D eigenvalue weighted by Gasteiger charge is 2.12. The van der Waals surface area contributed by atoms with Crippen LogP contribution in [-0.4, -0.2) is 15.9 Å². The van der Waals surface area contributed by atoms with Gasteiger partial charge < -0.3 is 10.6 Å². The summed E-state index contributed by atoms with van der Waals surface area (Å²) in [6, 6.07) is 15.2. The summed E-state index contributed by atoms with van der Waals surface area (Å²) in [6.45, 7) is 3.73. The number of carbonyl (C=O) groups excluding carboxylic acids is 1. The molecule has 3 aromatic rings. The maximum absolute atomic E-state index is 13.3. The largest absolute Gasteiger partial charge is 0.340 e. The fourth-order valence-electron chi connectivity index (χ4n) is 2.60. The molecule has 26 heavy (non-hydrogen) atoms. The van der Waals surface area contributed by atoms with Gasteiger partial charge in [-0.1, -0.05) is 31.2 Å². The van der Waals surface area contributed by atoms with E-state index in [9.17, 15) is 9.18 Å². The van der Waals surface area contributed by atoms with Gasteiger partial charge in [-0.25, -0.2) is 14.4 Å². The van der Waals surface area contributed by atoms with Crippen LogP contribution in [0.25, 0.3) is 0 Å². The zero-order valence-electron chi connectivity index (χ0n) is 14.6. The lowest BCUT2D eigenvalue weighted by molar-refractivity contribution is 0.102. The second kappa shape index (κ2) is 7.74. The first-order valence-corrected chi connectivity index (χ1v) is 8.32. The minimum absolute atomic E-state index is 0.238. The molecule has 1 heterocycles. The smallest absolute Gasteiger partial charge is 0.274 e. The molecule has 1 amide bonds. The minimum Gasteiger partial charge on any atom is -0.340 e. The van der Waals surface area contributed by atoms with Crippen molar-refractivity contribution in [3.05, 3.63) is 77.5 Å². The number of halogens is 1. The molecule has 0 spiro atoms. The van der Waals surface area contributed by atoms with Crippen LogP contribution in [0.4, 0.5) is 21.6 Å². The Labute approximate surface area is 151 Å². The highest BCUT2D eigenvalue weighted by atomic mass is 19.1. The summed E-state index contributed by atoms with van der Waals surface area (Å²) in [5.74, 6) is 0.200. The molecule has 0 saturated carbocycles. The third kappa shape index (κ3) is 4.22. The summed E-state index contributed by atoms with van der Waals surface area (Å²) in [4.78, 5) is 21.1. The molecule has 2 N–H and O–H groups in total. The first kappa shape index (κ1) is 17.5. The first-order valence-electron chi connectivity index (χ1n) is 8.32. The molecular weight excluding hydrogens is 331 g/mol. The van der Waals surface area contributed by atoms with Crippen LogP contribution < -0.4 is 10.6 Å². The number of carbonyl (C=O) groups is 1. The molecule has 0 aliphatic rings. The van der Waals surface area contributed by atoms with Crippen LogP contribution in [0.3, 0.4) is 0 Å². The number of aromatic nitrogens is 2. The van der Waals surface area contributed by atoms with Crippen molar-refractivity contribution >= 4 is 23.1 Å². The second-order valence-corrected chi connectivity index (χ2v) is 5.79. The third-order valence-electron chi connectivity index (χ3n) is 3.81. The number of nitrogens with zero attached hydrogens (tertiary/aromatic N) is 2. The van der Waals surface area contributed by atoms with Crippen LogP contribution in [0, 0.1) is 12.7 Å². The Hall–Kier alpha value is -3.28. The van der Waals surface area contributed by atoms with Crippen molar-refractivity contribution in [2.75, 3.05) is 10.6 Å². The molecule has 0 atom stereocenters. The molecule has 5 nitrogen and oxygen atoms in total. The number of hydrogen-bond acceptors (Lipinski definition) is 4. The van der Waals surface area contributed by atoms with E-state index in [1.807, 2.05) is 31.2 Å². The molecular formula is C20H19FN4O. The highest BCUT2D eigenvalue weighted by molar-refractivity contribution is 6.03. The van der Waals surface area contributed by atoms with Crippen LogP contribution in [0.5, 0.6) is 0 Å². The third-order valence-corrected chi connectivity index (χ3v) is 3.81. The maximum atomic E-state index is 13.3. The lowest BCUT2D eigenvalue weighted by Crippen LogP contribution is -2.16. The normalized spacial score (nSPS) is 10.4. The van der Waals surface area contributed by atoms with Crippen LogP contribution in [0.15, 0.2) is 54.6 Å². The summed E-state index contributed by atoms with van der Waals surface area (Å²) in [6.07, 6.45) is 0.811. The number of benzene rings is 2. The van der Waals surface area contributed by atoms with Crippen molar-refractivity contribution in [2.45, 2.75) is 20.3 Å². The SMILES string of the molecule is CCc1ccccc1NC(=O)c1cc(Nc2cccc(F)c2)nc(C)n1. The van der Waals surface area contributed by atoms with Gasteiger partial charge in [0.05, 0.1) is 0 Å². The van der Waals surface area contributed by atoms with E-state index in [0.29, 0.717) is 17.3 Å². The number of anilines is 3. The first-order chi connectivity index (χ1) is 12.5. The van der Waals surface area contributed by atoms with E-state index < -0.39 is 0 Å². The van der Waals surface area contributed by atoms with Gasteiger partial charge in [0.25, 0.3) is 5.91 Å². The summed E-state index contributed by atoms with van der Waals surface area (Å²) < 4.78 is 13.3. The number of amides is 1. The number of para-hydroxylation sites is 1. The Balaban J connectivity index is 1.83. The van der Waals surface area contributed by atoms with Crippen LogP contribution >= 0.6 is 0 Å². The predicted octanol–water partition coefficient (Wildman–Crippen LogP) is 4.48. The van der Waals surface area contributed by atoms with Crippen LogP contribution in [0.1, 0.15) is 28.8 Å². The van der Waals surface area contributed by atoms with E-state index in [1.165, 1.54) is 12.1 Å². The number of hydrogen-bond donors (Lipinski definition) is 2. The summed E-state index contributed by atoms with van der Waals surface area (Å²) in [7, 11) is 0. The van der Waals surface area contributed by atoms with Crippen LogP contribution in [-0.2, 0) is 6.42 Å². The molecule has 0 bridgehead atoms. The van der Waals surface area contributed by atoms with Crippen molar-refractivity contribution in [2.24, 2.45) is 0 Å². The lowest BCUT2D eigenvalue weighted by atomic mass is 10.1. The summed E-state index contributed by atoms with van der Waals surface area (Å²) in [5.41, 5.74) is 2.59. The molecule has 0 saturated heterocycles. The van der Waals surface area contributed by atoms with Gasteiger partial charge in [0.15, 0.2) is 0 Å². The zero-order valence-corrected chi connectivity index (χ0v) is 14.6. The van der Waals surface area contributed by atoms with Gasteiger partial charge >= 0.3 is 0 Å². The van der Waals surface area contributed by atoms with E-state index in [-0.39, 0.29) is 17.4 Å². The minimum atomic E-state index is -0.352. The van der Waals surface area contributed by atoms with Gasteiger partial charge in [0, 0.05) is 17.4 Å². The topological polar surface area (TPSA) is 66.9 Å². The maximum Gasteiger partial charge on any atom is 0.274 e. The molecule has 0 aliphatic heterocycles. The van der Waals surface area contributed by atoms with E-state index in [1.54, 1.807) is 25.1 Å². The molecule has 2 aromatic carbocycles. The Bertz CT molecular complexity index is 943. The monoisotopic (exact) mass is 350 g/mol. The summed E-state index contributed by atoms with van der Waals surface area (Å²) in [5, 5.41) is 5.88. The van der Waals surface area contributed by atoms with E-state index in [2.05, 4.69) is 20.6 Å². The standard InChI is InChI=1S/C20H19FN4O/c1-3-14-7-4-5-10-17(14)25-20(26)18-12-19(23-13(2)22-18)24-16-9-6-8-15(21)11-16/h4-12H,3H2,1-2H3,(H,25,26)(H,22,23,24). The fraction of sp³-hybridized carbons (Fsp3) is 0.150. The Morgan fingerprint density at radius 2 is 1.88 bits per heavy atom. The van der Waals surface area contributed by atoms with Gasteiger partial charge in [-0.3, -0.25) is 4.79 Å². The molecule has 0 fully saturated rings. The Morgan fingerprint density at radius 1 is 1.08 bits per heavy atom.